The number of thiophene rings is 1. The Kier molecular flexibility index (Phi) is 8.97. The number of hydrogen-bond acceptors (Lipinski definition) is 4. The van der Waals surface area contributed by atoms with E-state index in [9.17, 15) is 35.9 Å². The average Bonchev–Trinajstić information content (AvgIpc) is 3.64. The van der Waals surface area contributed by atoms with Crippen molar-refractivity contribution in [3.63, 3.8) is 0 Å². The molecule has 3 fully saturated rings. The molecular formula is C34H35F6N3O2S. The van der Waals surface area contributed by atoms with Gasteiger partial charge in [0.15, 0.2) is 0 Å². The smallest absolute Gasteiger partial charge is 0.338 e. The molecule has 3 aliphatic heterocycles. The summed E-state index contributed by atoms with van der Waals surface area (Å²) < 4.78 is 81.5. The number of hydrogen-bond donors (Lipinski definition) is 0. The van der Waals surface area contributed by atoms with E-state index in [0.29, 0.717) is 44.4 Å². The molecule has 2 unspecified atom stereocenters. The Morgan fingerprint density at radius 3 is 2.17 bits per heavy atom. The maximum atomic E-state index is 13.7. The minimum Gasteiger partial charge on any atom is -0.338 e. The number of carbonyl (C=O) groups is 2. The zero-order valence-electron chi connectivity index (χ0n) is 25.1. The van der Waals surface area contributed by atoms with Crippen LogP contribution in [0.2, 0.25) is 0 Å². The molecule has 5 nitrogen and oxygen atoms in total. The van der Waals surface area contributed by atoms with Gasteiger partial charge in [-0.3, -0.25) is 9.59 Å². The van der Waals surface area contributed by atoms with Crippen LogP contribution < -0.4 is 0 Å². The summed E-state index contributed by atoms with van der Waals surface area (Å²) >= 11 is 1.61. The molecule has 1 aromatic heterocycles. The van der Waals surface area contributed by atoms with Gasteiger partial charge >= 0.3 is 12.4 Å². The largest absolute Gasteiger partial charge is 0.416 e. The zero-order chi connectivity index (χ0) is 32.7. The van der Waals surface area contributed by atoms with Crippen LogP contribution in [-0.2, 0) is 30.1 Å². The second-order valence-corrected chi connectivity index (χ2v) is 13.7. The predicted molar refractivity (Wildman–Crippen MR) is 162 cm³/mol. The first-order valence-electron chi connectivity index (χ1n) is 15.5. The van der Waals surface area contributed by atoms with Gasteiger partial charge in [-0.2, -0.15) is 37.7 Å². The van der Waals surface area contributed by atoms with Crippen molar-refractivity contribution in [2.45, 2.75) is 69.5 Å². The fourth-order valence-corrected chi connectivity index (χ4v) is 8.04. The van der Waals surface area contributed by atoms with Crippen LogP contribution in [0.15, 0.2) is 65.4 Å². The van der Waals surface area contributed by atoms with Crippen molar-refractivity contribution in [3.05, 3.63) is 93.2 Å². The minimum absolute atomic E-state index is 0.0485. The minimum atomic E-state index is -5.04. The van der Waals surface area contributed by atoms with Gasteiger partial charge in [-0.25, -0.2) is 0 Å². The molecule has 3 aliphatic rings. The van der Waals surface area contributed by atoms with Crippen LogP contribution in [0.3, 0.4) is 0 Å². The third kappa shape index (κ3) is 7.12. The van der Waals surface area contributed by atoms with Gasteiger partial charge in [-0.05, 0) is 96.8 Å². The first-order valence-corrected chi connectivity index (χ1v) is 16.4. The second kappa shape index (κ2) is 12.7. The maximum absolute atomic E-state index is 13.7. The van der Waals surface area contributed by atoms with Gasteiger partial charge in [0, 0.05) is 43.7 Å². The Hall–Kier alpha value is -3.38. The molecule has 4 heterocycles. The number of likely N-dealkylation sites (tertiary alicyclic amines) is 3. The number of benzene rings is 2. The first kappa shape index (κ1) is 32.6. The molecule has 246 valence electrons. The van der Waals surface area contributed by atoms with E-state index in [-0.39, 0.29) is 30.0 Å². The fourth-order valence-electron chi connectivity index (χ4n) is 7.38. The third-order valence-electron chi connectivity index (χ3n) is 9.83. The zero-order valence-corrected chi connectivity index (χ0v) is 25.9. The molecule has 1 spiro atoms. The van der Waals surface area contributed by atoms with Crippen LogP contribution in [0.5, 0.6) is 0 Å². The fraction of sp³-hybridized carbons (Fsp3) is 0.471. The molecule has 3 saturated heterocycles. The Morgan fingerprint density at radius 2 is 1.57 bits per heavy atom. The van der Waals surface area contributed by atoms with Gasteiger partial charge in [0.2, 0.25) is 5.91 Å². The van der Waals surface area contributed by atoms with Gasteiger partial charge in [0.25, 0.3) is 5.91 Å². The van der Waals surface area contributed by atoms with E-state index in [0.717, 1.165) is 43.6 Å². The summed E-state index contributed by atoms with van der Waals surface area (Å²) in [5.74, 6) is -0.651. The number of amides is 2. The maximum Gasteiger partial charge on any atom is 0.416 e. The Morgan fingerprint density at radius 1 is 0.891 bits per heavy atom. The molecule has 0 bridgehead atoms. The van der Waals surface area contributed by atoms with E-state index in [2.05, 4.69) is 10.3 Å². The van der Waals surface area contributed by atoms with Gasteiger partial charge in [0.1, 0.15) is 0 Å². The molecular weight excluding hydrogens is 628 g/mol. The molecule has 0 saturated carbocycles. The van der Waals surface area contributed by atoms with E-state index < -0.39 is 41.0 Å². The van der Waals surface area contributed by atoms with E-state index >= 15 is 0 Å². The molecule has 3 aromatic rings. The van der Waals surface area contributed by atoms with Crippen LogP contribution >= 0.6 is 11.3 Å². The van der Waals surface area contributed by atoms with Crippen molar-refractivity contribution in [2.75, 3.05) is 26.2 Å². The molecule has 2 amide bonds. The molecule has 6 rings (SSSR count). The molecule has 2 aromatic carbocycles. The van der Waals surface area contributed by atoms with Gasteiger partial charge in [-0.15, -0.1) is 0 Å². The standard InChI is InChI=1S/C34H35F6N3O2S/c35-33(36,37)26-15-25(16-27(17-26)34(38,39)40)31(45)43-10-6-28(18-29(43)14-23-4-2-1-3-5-23)41-11-8-32(9-12-41)19-30(44)42(22-32)20-24-7-13-46-21-24/h1-5,7,13,15-17,21,28-29H,6,8-12,14,18-20,22H2. The number of halogens is 6. The summed E-state index contributed by atoms with van der Waals surface area (Å²) in [4.78, 5) is 32.4. The van der Waals surface area contributed by atoms with Gasteiger partial charge in [-0.1, -0.05) is 30.3 Å². The van der Waals surface area contributed by atoms with Crippen LogP contribution in [-0.4, -0.2) is 64.8 Å². The third-order valence-corrected chi connectivity index (χ3v) is 10.6. The lowest BCUT2D eigenvalue weighted by atomic mass is 9.76. The summed E-state index contributed by atoms with van der Waals surface area (Å²) in [7, 11) is 0. The molecule has 12 heteroatoms. The Balaban J connectivity index is 1.18. The van der Waals surface area contributed by atoms with Crippen molar-refractivity contribution in [1.82, 2.24) is 14.7 Å². The topological polar surface area (TPSA) is 43.9 Å². The predicted octanol–water partition coefficient (Wildman–Crippen LogP) is 7.52. The van der Waals surface area contributed by atoms with Gasteiger partial charge in [0.05, 0.1) is 11.1 Å². The number of nitrogens with zero attached hydrogens (tertiary/aromatic N) is 3. The van der Waals surface area contributed by atoms with Crippen molar-refractivity contribution in [2.24, 2.45) is 5.41 Å². The van der Waals surface area contributed by atoms with E-state index in [1.54, 1.807) is 11.3 Å². The molecule has 2 atom stereocenters. The van der Waals surface area contributed by atoms with Crippen LogP contribution in [0.25, 0.3) is 0 Å². The van der Waals surface area contributed by atoms with E-state index in [4.69, 9.17) is 0 Å². The summed E-state index contributed by atoms with van der Waals surface area (Å²) in [5.41, 5.74) is -1.61. The Bertz CT molecular complexity index is 1500. The number of rotatable bonds is 6. The Labute approximate surface area is 267 Å². The second-order valence-electron chi connectivity index (χ2n) is 12.9. The highest BCUT2D eigenvalue weighted by Crippen LogP contribution is 2.43. The lowest BCUT2D eigenvalue weighted by molar-refractivity contribution is -0.143. The SMILES string of the molecule is O=C1CC2(CCN(C3CCN(C(=O)c4cc(C(F)(F)F)cc(C(F)(F)F)c4)C(Cc4ccccc4)C3)CC2)CN1Cc1ccsc1. The van der Waals surface area contributed by atoms with Crippen LogP contribution in [0.4, 0.5) is 26.3 Å². The van der Waals surface area contributed by atoms with E-state index in [1.807, 2.05) is 46.7 Å². The normalized spacial score (nSPS) is 22.5. The van der Waals surface area contributed by atoms with Crippen molar-refractivity contribution < 1.29 is 35.9 Å². The monoisotopic (exact) mass is 663 g/mol. The quantitative estimate of drug-likeness (QED) is 0.257. The lowest BCUT2D eigenvalue weighted by Crippen LogP contribution is -2.55. The van der Waals surface area contributed by atoms with Crippen LogP contribution in [0, 0.1) is 5.41 Å². The highest BCUT2D eigenvalue weighted by atomic mass is 32.1. The number of alkyl halides is 6. The summed E-state index contributed by atoms with van der Waals surface area (Å²) in [6.07, 6.45) is -6.28. The summed E-state index contributed by atoms with van der Waals surface area (Å²) in [6.45, 7) is 3.15. The highest BCUT2D eigenvalue weighted by Gasteiger charge is 2.46. The number of piperidine rings is 2. The molecule has 46 heavy (non-hydrogen) atoms. The van der Waals surface area contributed by atoms with Crippen molar-refractivity contribution in [3.8, 4) is 0 Å². The average molecular weight is 664 g/mol. The van der Waals surface area contributed by atoms with Gasteiger partial charge < -0.3 is 14.7 Å². The first-order chi connectivity index (χ1) is 21.8. The summed E-state index contributed by atoms with van der Waals surface area (Å²) in [6, 6.07) is 12.2. The molecule has 0 radical (unpaired) electrons. The molecule has 0 N–H and O–H groups in total. The van der Waals surface area contributed by atoms with E-state index in [1.165, 1.54) is 4.90 Å². The molecule has 0 aliphatic carbocycles. The highest BCUT2D eigenvalue weighted by molar-refractivity contribution is 7.07. The van der Waals surface area contributed by atoms with Crippen molar-refractivity contribution in [1.29, 1.82) is 0 Å². The van der Waals surface area contributed by atoms with Crippen molar-refractivity contribution >= 4 is 23.2 Å². The van der Waals surface area contributed by atoms with Crippen LogP contribution in [0.1, 0.15) is 64.7 Å². The number of carbonyl (C=O) groups excluding carboxylic acids is 2. The summed E-state index contributed by atoms with van der Waals surface area (Å²) in [5, 5.41) is 4.07. The lowest BCUT2D eigenvalue weighted by Gasteiger charge is -2.47.